The Morgan fingerprint density at radius 2 is 1.81 bits per heavy atom. The van der Waals surface area contributed by atoms with E-state index >= 15 is 0 Å². The molecular formula is C28H32N4O3S. The summed E-state index contributed by atoms with van der Waals surface area (Å²) >= 11 is 0. The molecule has 1 aromatic heterocycles. The molecule has 0 spiro atoms. The van der Waals surface area contributed by atoms with E-state index in [0.29, 0.717) is 23.5 Å². The van der Waals surface area contributed by atoms with E-state index in [1.54, 1.807) is 6.07 Å². The maximum Gasteiger partial charge on any atom is 0.264 e. The van der Waals surface area contributed by atoms with Gasteiger partial charge >= 0.3 is 0 Å². The summed E-state index contributed by atoms with van der Waals surface area (Å²) in [6.07, 6.45) is 4.11. The second kappa shape index (κ2) is 8.85. The molecule has 6 rings (SSSR count). The second-order valence-electron chi connectivity index (χ2n) is 10.5. The lowest BCUT2D eigenvalue weighted by Crippen LogP contribution is -2.52. The van der Waals surface area contributed by atoms with Crippen molar-refractivity contribution < 1.29 is 13.2 Å². The molecule has 1 N–H and O–H groups in total. The molecule has 3 heterocycles. The van der Waals surface area contributed by atoms with Crippen LogP contribution in [0.3, 0.4) is 0 Å². The topological polar surface area (TPSA) is 84.4 Å². The molecule has 1 saturated heterocycles. The standard InChI is InChI=1S/C28H32N4O3S/c1-17-7-4-8-18(2)27(17)23-16-26-30-28(29-23)31-36(33,34)21-10-5-9-19(13-21)20-14-24-22(25(15-20)35-26)11-6-12-32(24)3/h4-5,7-10,13,16,20,22,24-25H,6,11-12,14-15H2,1-3H3,(H,29,30,31)/t20?,22?,24?,25-/m1/s1. The monoisotopic (exact) mass is 504 g/mol. The Morgan fingerprint density at radius 1 is 1.03 bits per heavy atom. The lowest BCUT2D eigenvalue weighted by atomic mass is 9.70. The van der Waals surface area contributed by atoms with Gasteiger partial charge in [0, 0.05) is 23.6 Å². The normalized spacial score (nSPS) is 27.0. The molecule has 1 aliphatic carbocycles. The van der Waals surface area contributed by atoms with Crippen molar-refractivity contribution >= 4 is 16.0 Å². The highest BCUT2D eigenvalue weighted by atomic mass is 32.2. The summed E-state index contributed by atoms with van der Waals surface area (Å²) in [5, 5.41) is 0. The second-order valence-corrected chi connectivity index (χ2v) is 12.2. The number of anilines is 1. The van der Waals surface area contributed by atoms with Gasteiger partial charge in [-0.1, -0.05) is 30.3 Å². The number of sulfonamides is 1. The molecule has 7 nitrogen and oxygen atoms in total. The summed E-state index contributed by atoms with van der Waals surface area (Å²) in [4.78, 5) is 11.9. The number of hydrogen-bond acceptors (Lipinski definition) is 6. The Morgan fingerprint density at radius 3 is 2.61 bits per heavy atom. The Balaban J connectivity index is 1.53. The van der Waals surface area contributed by atoms with Crippen LogP contribution in [-0.2, 0) is 10.0 Å². The predicted octanol–water partition coefficient (Wildman–Crippen LogP) is 4.91. The first-order chi connectivity index (χ1) is 17.3. The number of benzene rings is 2. The van der Waals surface area contributed by atoms with Gasteiger partial charge in [-0.2, -0.15) is 4.98 Å². The molecule has 2 aliphatic heterocycles. The van der Waals surface area contributed by atoms with E-state index in [-0.39, 0.29) is 22.9 Å². The minimum absolute atomic E-state index is 0.00948. The first kappa shape index (κ1) is 23.4. The van der Waals surface area contributed by atoms with Crippen molar-refractivity contribution in [3.05, 3.63) is 65.2 Å². The van der Waals surface area contributed by atoms with Gasteiger partial charge in [-0.3, -0.25) is 0 Å². The van der Waals surface area contributed by atoms with Gasteiger partial charge in [-0.25, -0.2) is 18.1 Å². The fraction of sp³-hybridized carbons (Fsp3) is 0.429. The Hall–Kier alpha value is -2.97. The molecule has 2 aromatic carbocycles. The van der Waals surface area contributed by atoms with Gasteiger partial charge in [0.25, 0.3) is 10.0 Å². The maximum atomic E-state index is 13.4. The molecule has 188 valence electrons. The van der Waals surface area contributed by atoms with Crippen LogP contribution in [0.5, 0.6) is 5.88 Å². The number of hydrogen-bond donors (Lipinski definition) is 1. The third-order valence-corrected chi connectivity index (χ3v) is 9.53. The van der Waals surface area contributed by atoms with E-state index in [2.05, 4.69) is 26.6 Å². The highest BCUT2D eigenvalue weighted by Gasteiger charge is 2.43. The zero-order valence-electron chi connectivity index (χ0n) is 20.9. The molecule has 6 bridgehead atoms. The molecule has 2 fully saturated rings. The number of piperidine rings is 1. The third-order valence-electron chi connectivity index (χ3n) is 8.21. The van der Waals surface area contributed by atoms with Crippen LogP contribution in [0.4, 0.5) is 5.95 Å². The van der Waals surface area contributed by atoms with Gasteiger partial charge in [-0.05, 0) is 87.9 Å². The van der Waals surface area contributed by atoms with E-state index in [9.17, 15) is 8.42 Å². The largest absolute Gasteiger partial charge is 0.474 e. The first-order valence-electron chi connectivity index (χ1n) is 12.7. The number of ether oxygens (including phenoxy) is 1. The minimum atomic E-state index is -3.87. The van der Waals surface area contributed by atoms with Crippen LogP contribution in [-0.4, -0.2) is 49.0 Å². The van der Waals surface area contributed by atoms with Crippen molar-refractivity contribution in [3.8, 4) is 17.1 Å². The lowest BCUT2D eigenvalue weighted by molar-refractivity contribution is -0.0137. The summed E-state index contributed by atoms with van der Waals surface area (Å²) in [5.41, 5.74) is 4.80. The molecule has 3 aliphatic rings. The predicted molar refractivity (Wildman–Crippen MR) is 140 cm³/mol. The van der Waals surface area contributed by atoms with E-state index in [1.807, 2.05) is 56.3 Å². The molecule has 3 aromatic rings. The van der Waals surface area contributed by atoms with Crippen molar-refractivity contribution in [3.63, 3.8) is 0 Å². The Kier molecular flexibility index (Phi) is 5.76. The van der Waals surface area contributed by atoms with Crippen LogP contribution in [0, 0.1) is 19.8 Å². The van der Waals surface area contributed by atoms with Crippen molar-refractivity contribution in [2.45, 2.75) is 62.5 Å². The molecule has 0 amide bonds. The number of aryl methyl sites for hydroxylation is 2. The summed E-state index contributed by atoms with van der Waals surface area (Å²) in [6.45, 7) is 5.15. The number of nitrogens with one attached hydrogen (secondary N) is 1. The number of aromatic nitrogens is 2. The van der Waals surface area contributed by atoms with Crippen LogP contribution in [0.1, 0.15) is 48.3 Å². The van der Waals surface area contributed by atoms with Crippen molar-refractivity contribution in [2.75, 3.05) is 18.3 Å². The van der Waals surface area contributed by atoms with E-state index in [4.69, 9.17) is 4.74 Å². The molecule has 36 heavy (non-hydrogen) atoms. The summed E-state index contributed by atoms with van der Waals surface area (Å²) < 4.78 is 36.1. The zero-order valence-corrected chi connectivity index (χ0v) is 21.8. The van der Waals surface area contributed by atoms with Gasteiger partial charge in [0.05, 0.1) is 10.6 Å². The summed E-state index contributed by atoms with van der Waals surface area (Å²) in [6, 6.07) is 15.7. The zero-order chi connectivity index (χ0) is 25.0. The van der Waals surface area contributed by atoms with Gasteiger partial charge in [-0.15, -0.1) is 0 Å². The third kappa shape index (κ3) is 4.16. The molecule has 1 saturated carbocycles. The van der Waals surface area contributed by atoms with E-state index in [0.717, 1.165) is 54.5 Å². The minimum Gasteiger partial charge on any atom is -0.474 e. The molecule has 0 radical (unpaired) electrons. The van der Waals surface area contributed by atoms with Crippen LogP contribution < -0.4 is 9.46 Å². The fourth-order valence-electron chi connectivity index (χ4n) is 6.45. The van der Waals surface area contributed by atoms with Crippen LogP contribution >= 0.6 is 0 Å². The number of likely N-dealkylation sites (tertiary alicyclic amines) is 1. The van der Waals surface area contributed by atoms with Crippen LogP contribution in [0.15, 0.2) is 53.4 Å². The summed E-state index contributed by atoms with van der Waals surface area (Å²) in [5.74, 6) is 1.07. The molecule has 8 heteroatoms. The highest BCUT2D eigenvalue weighted by molar-refractivity contribution is 7.92. The fourth-order valence-corrected chi connectivity index (χ4v) is 7.45. The quantitative estimate of drug-likeness (QED) is 0.507. The summed E-state index contributed by atoms with van der Waals surface area (Å²) in [7, 11) is -1.67. The average Bonchev–Trinajstić information content (AvgIpc) is 2.84. The first-order valence-corrected chi connectivity index (χ1v) is 14.2. The average molecular weight is 505 g/mol. The SMILES string of the molecule is Cc1cccc(C)c1-c1cc2nc(n1)NS(=O)(=O)c1cccc(c1)C1CC3C(CCCN3C)[C@@H](C1)O2. The van der Waals surface area contributed by atoms with E-state index < -0.39 is 10.0 Å². The Labute approximate surface area is 213 Å². The molecule has 3 unspecified atom stereocenters. The Bertz CT molecular complexity index is 1400. The maximum absolute atomic E-state index is 13.4. The van der Waals surface area contributed by atoms with Crippen molar-refractivity contribution in [2.24, 2.45) is 5.92 Å². The smallest absolute Gasteiger partial charge is 0.264 e. The van der Waals surface area contributed by atoms with Gasteiger partial charge in [0.15, 0.2) is 0 Å². The van der Waals surface area contributed by atoms with E-state index in [1.165, 1.54) is 0 Å². The van der Waals surface area contributed by atoms with Crippen molar-refractivity contribution in [1.82, 2.24) is 14.9 Å². The van der Waals surface area contributed by atoms with Gasteiger partial charge < -0.3 is 9.64 Å². The molecule has 4 atom stereocenters. The number of rotatable bonds is 1. The molecular weight excluding hydrogens is 472 g/mol. The number of fused-ring (bicyclic) bond motifs is 9. The van der Waals surface area contributed by atoms with Gasteiger partial charge in [0.1, 0.15) is 6.10 Å². The van der Waals surface area contributed by atoms with Crippen molar-refractivity contribution in [1.29, 1.82) is 0 Å². The van der Waals surface area contributed by atoms with Crippen LogP contribution in [0.25, 0.3) is 11.3 Å². The highest BCUT2D eigenvalue weighted by Crippen LogP contribution is 2.44. The van der Waals surface area contributed by atoms with Gasteiger partial charge in [0.2, 0.25) is 11.8 Å². The lowest BCUT2D eigenvalue weighted by Gasteiger charge is -2.48. The number of nitrogens with zero attached hydrogens (tertiary/aromatic N) is 3. The van der Waals surface area contributed by atoms with Crippen LogP contribution in [0.2, 0.25) is 0 Å².